The van der Waals surface area contributed by atoms with Gasteiger partial charge in [-0.2, -0.15) is 0 Å². The molecular weight excluding hydrogens is 160 g/mol. The highest BCUT2D eigenvalue weighted by molar-refractivity contribution is 6.39. The van der Waals surface area contributed by atoms with Crippen LogP contribution >= 0.6 is 0 Å². The van der Waals surface area contributed by atoms with Crippen LogP contribution in [0.15, 0.2) is 0 Å². The predicted octanol–water partition coefficient (Wildman–Crippen LogP) is 0.488. The molecule has 0 rings (SSSR count). The van der Waals surface area contributed by atoms with Crippen molar-refractivity contribution < 1.29 is 19.1 Å². The third-order valence-corrected chi connectivity index (χ3v) is 1.24. The lowest BCUT2D eigenvalue weighted by atomic mass is 10.1. The van der Waals surface area contributed by atoms with Crippen LogP contribution in [0.5, 0.6) is 0 Å². The van der Waals surface area contributed by atoms with Crippen molar-refractivity contribution in [2.45, 2.75) is 26.7 Å². The van der Waals surface area contributed by atoms with E-state index in [1.165, 1.54) is 0 Å². The number of ether oxygens (including phenoxy) is 1. The zero-order valence-corrected chi connectivity index (χ0v) is 7.25. The van der Waals surface area contributed by atoms with Crippen molar-refractivity contribution >= 4 is 17.5 Å². The monoisotopic (exact) mass is 172 g/mol. The zero-order valence-electron chi connectivity index (χ0n) is 7.25. The van der Waals surface area contributed by atoms with Crippen molar-refractivity contribution in [3.05, 3.63) is 0 Å². The van der Waals surface area contributed by atoms with Gasteiger partial charge in [0.1, 0.15) is 6.42 Å². The number of carbonyl (C=O) groups is 3. The van der Waals surface area contributed by atoms with Crippen molar-refractivity contribution in [3.63, 3.8) is 0 Å². The van der Waals surface area contributed by atoms with Gasteiger partial charge in [-0.1, -0.05) is 6.92 Å². The highest BCUT2D eigenvalue weighted by Gasteiger charge is 2.16. The first-order chi connectivity index (χ1) is 5.61. The summed E-state index contributed by atoms with van der Waals surface area (Å²) in [6.07, 6.45) is -0.293. The molecule has 0 spiro atoms. The predicted molar refractivity (Wildman–Crippen MR) is 41.6 cm³/mol. The van der Waals surface area contributed by atoms with E-state index < -0.39 is 24.0 Å². The normalized spacial score (nSPS) is 9.17. The summed E-state index contributed by atoms with van der Waals surface area (Å²) in [5.41, 5.74) is 0. The second kappa shape index (κ2) is 5.46. The Labute approximate surface area is 70.9 Å². The molecule has 12 heavy (non-hydrogen) atoms. The first-order valence-electron chi connectivity index (χ1n) is 3.83. The SMILES string of the molecule is CCOC(=O)CC(=O)C(=O)CC. The van der Waals surface area contributed by atoms with E-state index in [2.05, 4.69) is 4.74 Å². The maximum atomic E-state index is 10.8. The first-order valence-corrected chi connectivity index (χ1v) is 3.83. The third-order valence-electron chi connectivity index (χ3n) is 1.24. The number of hydrogen-bond acceptors (Lipinski definition) is 4. The minimum atomic E-state index is -0.670. The summed E-state index contributed by atoms with van der Waals surface area (Å²) in [6.45, 7) is 3.45. The van der Waals surface area contributed by atoms with Gasteiger partial charge in [-0.15, -0.1) is 0 Å². The van der Waals surface area contributed by atoms with Crippen LogP contribution in [-0.4, -0.2) is 24.1 Å². The number of rotatable bonds is 5. The molecule has 0 aromatic heterocycles. The van der Waals surface area contributed by atoms with E-state index in [-0.39, 0.29) is 13.0 Å². The van der Waals surface area contributed by atoms with Gasteiger partial charge in [0, 0.05) is 6.42 Å². The smallest absolute Gasteiger partial charge is 0.313 e. The summed E-state index contributed by atoms with van der Waals surface area (Å²) >= 11 is 0. The molecule has 0 saturated heterocycles. The zero-order chi connectivity index (χ0) is 9.56. The van der Waals surface area contributed by atoms with E-state index >= 15 is 0 Å². The van der Waals surface area contributed by atoms with Crippen LogP contribution in [0.25, 0.3) is 0 Å². The molecule has 0 atom stereocenters. The fourth-order valence-corrected chi connectivity index (χ4v) is 0.639. The molecule has 0 aliphatic rings. The van der Waals surface area contributed by atoms with Crippen molar-refractivity contribution in [1.29, 1.82) is 0 Å². The Morgan fingerprint density at radius 3 is 2.08 bits per heavy atom. The average molecular weight is 172 g/mol. The summed E-state index contributed by atoms with van der Waals surface area (Å²) in [7, 11) is 0. The van der Waals surface area contributed by atoms with E-state index in [0.717, 1.165) is 0 Å². The van der Waals surface area contributed by atoms with Gasteiger partial charge in [-0.25, -0.2) is 0 Å². The molecule has 0 N–H and O–H groups in total. The summed E-state index contributed by atoms with van der Waals surface area (Å²) in [5.74, 6) is -1.83. The lowest BCUT2D eigenvalue weighted by molar-refractivity contribution is -0.148. The van der Waals surface area contributed by atoms with Crippen molar-refractivity contribution in [2.75, 3.05) is 6.61 Å². The molecular formula is C8H12O4. The maximum absolute atomic E-state index is 10.8. The first kappa shape index (κ1) is 10.8. The lowest BCUT2D eigenvalue weighted by Crippen LogP contribution is -2.18. The molecule has 0 aromatic rings. The van der Waals surface area contributed by atoms with E-state index in [9.17, 15) is 14.4 Å². The molecule has 0 saturated carbocycles. The van der Waals surface area contributed by atoms with Gasteiger partial charge in [0.05, 0.1) is 6.61 Å². The molecule has 4 nitrogen and oxygen atoms in total. The Hall–Kier alpha value is -1.19. The highest BCUT2D eigenvalue weighted by Crippen LogP contribution is 1.92. The van der Waals surface area contributed by atoms with Crippen LogP contribution in [-0.2, 0) is 19.1 Å². The number of Topliss-reactive ketones (excluding diaryl/α,β-unsaturated/α-hetero) is 2. The molecule has 0 bridgehead atoms. The summed E-state index contributed by atoms with van der Waals surface area (Å²) in [6, 6.07) is 0. The van der Waals surface area contributed by atoms with Crippen LogP contribution in [0.3, 0.4) is 0 Å². The van der Waals surface area contributed by atoms with Crippen molar-refractivity contribution in [3.8, 4) is 0 Å². The quantitative estimate of drug-likeness (QED) is 0.344. The highest BCUT2D eigenvalue weighted by atomic mass is 16.5. The number of ketones is 2. The summed E-state index contributed by atoms with van der Waals surface area (Å²) < 4.78 is 4.50. The fraction of sp³-hybridized carbons (Fsp3) is 0.625. The Morgan fingerprint density at radius 2 is 1.67 bits per heavy atom. The Kier molecular flexibility index (Phi) is 4.92. The van der Waals surface area contributed by atoms with Gasteiger partial charge >= 0.3 is 5.97 Å². The topological polar surface area (TPSA) is 60.4 Å². The molecule has 0 radical (unpaired) electrons. The molecule has 0 unspecified atom stereocenters. The molecule has 0 aromatic carbocycles. The fourth-order valence-electron chi connectivity index (χ4n) is 0.639. The minimum Gasteiger partial charge on any atom is -0.466 e. The largest absolute Gasteiger partial charge is 0.466 e. The van der Waals surface area contributed by atoms with Crippen molar-refractivity contribution in [2.24, 2.45) is 0 Å². The van der Waals surface area contributed by atoms with Gasteiger partial charge in [-0.05, 0) is 6.92 Å². The molecule has 0 aliphatic heterocycles. The number of hydrogen-bond donors (Lipinski definition) is 0. The Morgan fingerprint density at radius 1 is 1.08 bits per heavy atom. The maximum Gasteiger partial charge on any atom is 0.313 e. The summed E-state index contributed by atoms with van der Waals surface area (Å²) in [4.78, 5) is 32.2. The van der Waals surface area contributed by atoms with Crippen LogP contribution in [0.4, 0.5) is 0 Å². The van der Waals surface area contributed by atoms with E-state index in [1.807, 2.05) is 0 Å². The van der Waals surface area contributed by atoms with Gasteiger partial charge in [0.15, 0.2) is 5.78 Å². The van der Waals surface area contributed by atoms with E-state index in [1.54, 1.807) is 13.8 Å². The van der Waals surface area contributed by atoms with Crippen LogP contribution < -0.4 is 0 Å². The standard InChI is InChI=1S/C8H12O4/c1-3-6(9)7(10)5-8(11)12-4-2/h3-5H2,1-2H3. The molecule has 0 aliphatic carbocycles. The van der Waals surface area contributed by atoms with Gasteiger partial charge < -0.3 is 4.74 Å². The summed E-state index contributed by atoms with van der Waals surface area (Å²) in [5, 5.41) is 0. The second-order valence-electron chi connectivity index (χ2n) is 2.18. The van der Waals surface area contributed by atoms with E-state index in [4.69, 9.17) is 0 Å². The van der Waals surface area contributed by atoms with Crippen molar-refractivity contribution in [1.82, 2.24) is 0 Å². The molecule has 0 fully saturated rings. The van der Waals surface area contributed by atoms with Crippen LogP contribution in [0, 0.1) is 0 Å². The molecule has 68 valence electrons. The van der Waals surface area contributed by atoms with Crippen LogP contribution in [0.2, 0.25) is 0 Å². The van der Waals surface area contributed by atoms with Gasteiger partial charge in [0.2, 0.25) is 5.78 Å². The third kappa shape index (κ3) is 3.85. The Balaban J connectivity index is 3.84. The van der Waals surface area contributed by atoms with Gasteiger partial charge in [0.25, 0.3) is 0 Å². The lowest BCUT2D eigenvalue weighted by Gasteiger charge is -1.98. The minimum absolute atomic E-state index is 0.137. The average Bonchev–Trinajstić information content (AvgIpc) is 2.03. The molecule has 4 heteroatoms. The molecule has 0 amide bonds. The second-order valence-corrected chi connectivity index (χ2v) is 2.18. The Bertz CT molecular complexity index is 195. The van der Waals surface area contributed by atoms with E-state index in [0.29, 0.717) is 0 Å². The van der Waals surface area contributed by atoms with Gasteiger partial charge in [-0.3, -0.25) is 14.4 Å². The van der Waals surface area contributed by atoms with Crippen LogP contribution in [0.1, 0.15) is 26.7 Å². The number of carbonyl (C=O) groups excluding carboxylic acids is 3. The molecule has 0 heterocycles. The number of esters is 1.